The molecule has 1 amide bonds. The fourth-order valence-corrected chi connectivity index (χ4v) is 3.94. The molecule has 7 heteroatoms. The first-order valence-corrected chi connectivity index (χ1v) is 9.17. The summed E-state index contributed by atoms with van der Waals surface area (Å²) in [6.07, 6.45) is 2.63. The number of nitrogens with zero attached hydrogens (tertiary/aromatic N) is 2. The van der Waals surface area contributed by atoms with Crippen LogP contribution in [0.3, 0.4) is 0 Å². The number of nitrogens with one attached hydrogen (secondary N) is 1. The summed E-state index contributed by atoms with van der Waals surface area (Å²) in [6.45, 7) is 2.30. The molecule has 0 aliphatic carbocycles. The van der Waals surface area contributed by atoms with Crippen molar-refractivity contribution in [2.45, 2.75) is 31.0 Å². The van der Waals surface area contributed by atoms with E-state index in [1.54, 1.807) is 24.8 Å². The SMILES string of the molecule is COc1cccc(CCNC(=O)CC2CSc3ncc(C)c(=O)n32)c1. The summed E-state index contributed by atoms with van der Waals surface area (Å²) in [4.78, 5) is 28.8. The predicted octanol–water partition coefficient (Wildman–Crippen LogP) is 1.96. The molecule has 6 nitrogen and oxygen atoms in total. The minimum atomic E-state index is -0.128. The Bertz CT molecular complexity index is 835. The maximum absolute atomic E-state index is 12.3. The van der Waals surface area contributed by atoms with Gasteiger partial charge >= 0.3 is 0 Å². The van der Waals surface area contributed by atoms with Crippen LogP contribution in [0, 0.1) is 6.92 Å². The Morgan fingerprint density at radius 3 is 3.12 bits per heavy atom. The van der Waals surface area contributed by atoms with Crippen LogP contribution in [0.1, 0.15) is 23.6 Å². The monoisotopic (exact) mass is 359 g/mol. The quantitative estimate of drug-likeness (QED) is 0.798. The van der Waals surface area contributed by atoms with Crippen LogP contribution in [0.25, 0.3) is 0 Å². The molecule has 0 saturated carbocycles. The smallest absolute Gasteiger partial charge is 0.257 e. The number of methoxy groups -OCH3 is 1. The van der Waals surface area contributed by atoms with Crippen molar-refractivity contribution in [3.8, 4) is 5.75 Å². The number of aromatic nitrogens is 2. The highest BCUT2D eigenvalue weighted by Crippen LogP contribution is 2.31. The number of ether oxygens (including phenoxy) is 1. The molecular formula is C18H21N3O3S. The van der Waals surface area contributed by atoms with Crippen LogP contribution in [0.5, 0.6) is 5.75 Å². The molecular weight excluding hydrogens is 338 g/mol. The van der Waals surface area contributed by atoms with E-state index in [0.29, 0.717) is 29.4 Å². The van der Waals surface area contributed by atoms with E-state index >= 15 is 0 Å². The van der Waals surface area contributed by atoms with E-state index in [0.717, 1.165) is 17.7 Å². The minimum absolute atomic E-state index is 0.0465. The van der Waals surface area contributed by atoms with Crippen LogP contribution in [-0.4, -0.2) is 34.9 Å². The van der Waals surface area contributed by atoms with Gasteiger partial charge in [-0.05, 0) is 31.0 Å². The lowest BCUT2D eigenvalue weighted by Gasteiger charge is -2.13. The van der Waals surface area contributed by atoms with Gasteiger partial charge in [-0.15, -0.1) is 0 Å². The number of carbonyl (C=O) groups excluding carboxylic acids is 1. The van der Waals surface area contributed by atoms with Gasteiger partial charge in [-0.1, -0.05) is 23.9 Å². The molecule has 1 aliphatic heterocycles. The van der Waals surface area contributed by atoms with Crippen LogP contribution in [0.4, 0.5) is 0 Å². The molecule has 2 heterocycles. The first-order valence-electron chi connectivity index (χ1n) is 8.19. The second-order valence-electron chi connectivity index (χ2n) is 6.02. The van der Waals surface area contributed by atoms with Crippen LogP contribution in [0.2, 0.25) is 0 Å². The van der Waals surface area contributed by atoms with E-state index in [9.17, 15) is 9.59 Å². The van der Waals surface area contributed by atoms with Gasteiger partial charge < -0.3 is 10.1 Å². The van der Waals surface area contributed by atoms with E-state index in [4.69, 9.17) is 4.74 Å². The van der Waals surface area contributed by atoms with Crippen molar-refractivity contribution in [2.75, 3.05) is 19.4 Å². The maximum atomic E-state index is 12.3. The van der Waals surface area contributed by atoms with Gasteiger partial charge in [0.1, 0.15) is 5.75 Å². The third-order valence-electron chi connectivity index (χ3n) is 4.19. The molecule has 0 spiro atoms. The topological polar surface area (TPSA) is 73.2 Å². The van der Waals surface area contributed by atoms with Crippen molar-refractivity contribution >= 4 is 17.7 Å². The lowest BCUT2D eigenvalue weighted by molar-refractivity contribution is -0.121. The number of aryl methyl sites for hydroxylation is 1. The lowest BCUT2D eigenvalue weighted by atomic mass is 10.1. The summed E-state index contributed by atoms with van der Waals surface area (Å²) in [5, 5.41) is 3.63. The number of amides is 1. The van der Waals surface area contributed by atoms with Crippen molar-refractivity contribution in [3.05, 3.63) is 51.9 Å². The Morgan fingerprint density at radius 2 is 2.32 bits per heavy atom. The highest BCUT2D eigenvalue weighted by molar-refractivity contribution is 7.99. The summed E-state index contributed by atoms with van der Waals surface area (Å²) >= 11 is 1.52. The molecule has 1 N–H and O–H groups in total. The number of hydrogen-bond donors (Lipinski definition) is 1. The molecule has 0 radical (unpaired) electrons. The van der Waals surface area contributed by atoms with E-state index in [2.05, 4.69) is 10.3 Å². The van der Waals surface area contributed by atoms with Crippen molar-refractivity contribution in [2.24, 2.45) is 0 Å². The Labute approximate surface area is 150 Å². The largest absolute Gasteiger partial charge is 0.497 e. The number of thioether (sulfide) groups is 1. The van der Waals surface area contributed by atoms with Gasteiger partial charge in [0.05, 0.1) is 13.2 Å². The minimum Gasteiger partial charge on any atom is -0.497 e. The maximum Gasteiger partial charge on any atom is 0.257 e. The molecule has 25 heavy (non-hydrogen) atoms. The van der Waals surface area contributed by atoms with Crippen molar-refractivity contribution in [1.82, 2.24) is 14.9 Å². The molecule has 132 valence electrons. The summed E-state index contributed by atoms with van der Waals surface area (Å²) in [7, 11) is 1.64. The summed E-state index contributed by atoms with van der Waals surface area (Å²) in [5.41, 5.74) is 1.66. The number of rotatable bonds is 6. The van der Waals surface area contributed by atoms with Crippen molar-refractivity contribution in [3.63, 3.8) is 0 Å². The molecule has 0 fully saturated rings. The predicted molar refractivity (Wildman–Crippen MR) is 97.3 cm³/mol. The fourth-order valence-electron chi connectivity index (χ4n) is 2.83. The number of hydrogen-bond acceptors (Lipinski definition) is 5. The van der Waals surface area contributed by atoms with Crippen LogP contribution < -0.4 is 15.6 Å². The summed E-state index contributed by atoms with van der Waals surface area (Å²) in [5.74, 6) is 1.47. The molecule has 0 saturated heterocycles. The van der Waals surface area contributed by atoms with Gasteiger partial charge in [-0.3, -0.25) is 14.2 Å². The van der Waals surface area contributed by atoms with E-state index in [1.165, 1.54) is 11.8 Å². The zero-order valence-corrected chi connectivity index (χ0v) is 15.1. The Morgan fingerprint density at radius 1 is 1.48 bits per heavy atom. The van der Waals surface area contributed by atoms with Crippen LogP contribution in [0.15, 0.2) is 40.4 Å². The summed E-state index contributed by atoms with van der Waals surface area (Å²) < 4.78 is 6.85. The zero-order chi connectivity index (χ0) is 17.8. The molecule has 1 unspecified atom stereocenters. The number of fused-ring (bicyclic) bond motifs is 1. The van der Waals surface area contributed by atoms with Gasteiger partial charge in [0.25, 0.3) is 5.56 Å². The van der Waals surface area contributed by atoms with E-state index < -0.39 is 0 Å². The standard InChI is InChI=1S/C18H21N3O3S/c1-12-10-20-18-21(17(12)23)14(11-25-18)9-16(22)19-7-6-13-4-3-5-15(8-13)24-2/h3-5,8,10,14H,6-7,9,11H2,1-2H3,(H,19,22). The lowest BCUT2D eigenvalue weighted by Crippen LogP contribution is -2.32. The van der Waals surface area contributed by atoms with Gasteiger partial charge in [-0.25, -0.2) is 4.98 Å². The van der Waals surface area contributed by atoms with Gasteiger partial charge in [0.15, 0.2) is 5.16 Å². The molecule has 2 aromatic rings. The average Bonchev–Trinajstić information content (AvgIpc) is 3.02. The Hall–Kier alpha value is -2.28. The molecule has 1 aliphatic rings. The van der Waals surface area contributed by atoms with Gasteiger partial charge in [0.2, 0.25) is 5.91 Å². The zero-order valence-electron chi connectivity index (χ0n) is 14.3. The van der Waals surface area contributed by atoms with Crippen molar-refractivity contribution < 1.29 is 9.53 Å². The van der Waals surface area contributed by atoms with E-state index in [-0.39, 0.29) is 17.5 Å². The van der Waals surface area contributed by atoms with Crippen LogP contribution in [-0.2, 0) is 11.2 Å². The van der Waals surface area contributed by atoms with Gasteiger partial charge in [-0.2, -0.15) is 0 Å². The number of benzene rings is 1. The summed E-state index contributed by atoms with van der Waals surface area (Å²) in [6, 6.07) is 7.67. The normalized spacial score (nSPS) is 15.7. The van der Waals surface area contributed by atoms with E-state index in [1.807, 2.05) is 24.3 Å². The Balaban J connectivity index is 1.54. The third-order valence-corrected chi connectivity index (χ3v) is 5.30. The second kappa shape index (κ2) is 7.74. The first kappa shape index (κ1) is 17.5. The fraction of sp³-hybridized carbons (Fsp3) is 0.389. The van der Waals surface area contributed by atoms with Crippen molar-refractivity contribution in [1.29, 1.82) is 0 Å². The number of carbonyl (C=O) groups is 1. The molecule has 1 aromatic heterocycles. The third kappa shape index (κ3) is 4.04. The van der Waals surface area contributed by atoms with Gasteiger partial charge in [0, 0.05) is 30.5 Å². The molecule has 3 rings (SSSR count). The first-order chi connectivity index (χ1) is 12.1. The molecule has 0 bridgehead atoms. The Kier molecular flexibility index (Phi) is 5.43. The second-order valence-corrected chi connectivity index (χ2v) is 7.01. The average molecular weight is 359 g/mol. The molecule has 1 aromatic carbocycles. The highest BCUT2D eigenvalue weighted by Gasteiger charge is 2.27. The molecule has 1 atom stereocenters. The van der Waals surface area contributed by atoms with Crippen LogP contribution >= 0.6 is 11.8 Å². The highest BCUT2D eigenvalue weighted by atomic mass is 32.2.